The zero-order chi connectivity index (χ0) is 44.4. The van der Waals surface area contributed by atoms with Crippen LogP contribution in [-0.4, -0.2) is 37.2 Å². The molecular weight excluding hydrogens is 757 g/mol. The second-order valence-electron chi connectivity index (χ2n) is 16.9. The number of allylic oxidation sites excluding steroid dienone is 12. The Morgan fingerprint density at radius 2 is 0.639 bits per heavy atom. The monoisotopic (exact) mass is 851 g/mol. The number of ether oxygens (including phenoxy) is 3. The third kappa shape index (κ3) is 47.7. The fourth-order valence-electron chi connectivity index (χ4n) is 7.06. The highest BCUT2D eigenvalue weighted by Gasteiger charge is 2.19. The minimum absolute atomic E-state index is 0.0872. The second kappa shape index (κ2) is 49.5. The van der Waals surface area contributed by atoms with Crippen LogP contribution in [0.15, 0.2) is 72.9 Å². The normalized spacial score (nSPS) is 12.6. The van der Waals surface area contributed by atoms with Crippen molar-refractivity contribution in [3.8, 4) is 0 Å². The Kier molecular flexibility index (Phi) is 46.9. The van der Waals surface area contributed by atoms with Crippen molar-refractivity contribution in [3.63, 3.8) is 0 Å². The number of rotatable bonds is 45. The number of carbonyl (C=O) groups excluding carboxylic acids is 3. The van der Waals surface area contributed by atoms with Gasteiger partial charge in [0.15, 0.2) is 6.10 Å². The molecule has 61 heavy (non-hydrogen) atoms. The summed E-state index contributed by atoms with van der Waals surface area (Å²) in [6.07, 6.45) is 61.7. The van der Waals surface area contributed by atoms with Crippen molar-refractivity contribution in [3.05, 3.63) is 72.9 Å². The van der Waals surface area contributed by atoms with Crippen LogP contribution >= 0.6 is 0 Å². The Bertz CT molecular complexity index is 1160. The van der Waals surface area contributed by atoms with E-state index in [2.05, 4.69) is 32.9 Å². The lowest BCUT2D eigenvalue weighted by molar-refractivity contribution is -0.167. The Morgan fingerprint density at radius 1 is 0.344 bits per heavy atom. The predicted octanol–water partition coefficient (Wildman–Crippen LogP) is 16.6. The molecule has 0 amide bonds. The highest BCUT2D eigenvalue weighted by Crippen LogP contribution is 2.16. The van der Waals surface area contributed by atoms with E-state index in [1.165, 1.54) is 128 Å². The molecule has 0 aromatic rings. The van der Waals surface area contributed by atoms with Crippen LogP contribution in [0.25, 0.3) is 0 Å². The first-order valence-corrected chi connectivity index (χ1v) is 25.5. The van der Waals surface area contributed by atoms with Gasteiger partial charge in [0.1, 0.15) is 13.2 Å². The summed E-state index contributed by atoms with van der Waals surface area (Å²) >= 11 is 0. The smallest absolute Gasteiger partial charge is 0.306 e. The molecule has 0 bridgehead atoms. The SMILES string of the molecule is CC\C=C/C=C\C=C/C=C\C=C\C=C/CCCCCC(=O)OCC(COC(=O)CCCCCCCCCCCC)OC(=O)CCCCCCCCCCCCCCCCCC. The van der Waals surface area contributed by atoms with Gasteiger partial charge in [0.05, 0.1) is 0 Å². The number of carbonyl (C=O) groups is 3. The first-order valence-electron chi connectivity index (χ1n) is 25.5. The largest absolute Gasteiger partial charge is 0.462 e. The van der Waals surface area contributed by atoms with Crippen LogP contribution in [0.5, 0.6) is 0 Å². The minimum atomic E-state index is -0.789. The van der Waals surface area contributed by atoms with Gasteiger partial charge in [-0.3, -0.25) is 14.4 Å². The van der Waals surface area contributed by atoms with Gasteiger partial charge >= 0.3 is 17.9 Å². The molecule has 0 radical (unpaired) electrons. The van der Waals surface area contributed by atoms with Gasteiger partial charge in [0, 0.05) is 19.3 Å². The van der Waals surface area contributed by atoms with Crippen LogP contribution in [0.2, 0.25) is 0 Å². The fourth-order valence-corrected chi connectivity index (χ4v) is 7.06. The van der Waals surface area contributed by atoms with Gasteiger partial charge < -0.3 is 14.2 Å². The van der Waals surface area contributed by atoms with Crippen molar-refractivity contribution in [2.24, 2.45) is 0 Å². The molecule has 0 saturated heterocycles. The van der Waals surface area contributed by atoms with E-state index >= 15 is 0 Å². The molecule has 0 spiro atoms. The van der Waals surface area contributed by atoms with Crippen molar-refractivity contribution < 1.29 is 28.6 Å². The molecule has 0 saturated carbocycles. The quantitative estimate of drug-likeness (QED) is 0.0263. The molecule has 0 N–H and O–H groups in total. The summed E-state index contributed by atoms with van der Waals surface area (Å²) in [6, 6.07) is 0. The average molecular weight is 851 g/mol. The molecule has 0 aliphatic heterocycles. The standard InChI is InChI=1S/C55H94O6/c1-4-7-10-13-16-19-22-24-26-28-30-31-33-36-39-42-45-48-54(57)60-51-52(50-59-53(56)47-44-41-38-35-21-18-15-12-9-6-3)61-55(58)49-46-43-40-37-34-32-29-27-25-23-20-17-14-11-8-5-2/h7,10,13,16,19,22,24,26,28,30-31,33,52H,4-6,8-9,11-12,14-15,17-18,20-21,23,25,27,29,32,34-51H2,1-3H3/b10-7-,16-13-,22-19-,26-24-,30-28+,33-31-. The van der Waals surface area contributed by atoms with Crippen molar-refractivity contribution in [1.29, 1.82) is 0 Å². The lowest BCUT2D eigenvalue weighted by Gasteiger charge is -2.18. The fraction of sp³-hybridized carbons (Fsp3) is 0.727. The van der Waals surface area contributed by atoms with Gasteiger partial charge in [-0.05, 0) is 38.5 Å². The van der Waals surface area contributed by atoms with Crippen LogP contribution in [0.3, 0.4) is 0 Å². The third-order valence-electron chi connectivity index (χ3n) is 10.9. The van der Waals surface area contributed by atoms with E-state index in [4.69, 9.17) is 14.2 Å². The molecule has 1 atom stereocenters. The van der Waals surface area contributed by atoms with Crippen LogP contribution in [0.1, 0.15) is 239 Å². The lowest BCUT2D eigenvalue weighted by atomic mass is 10.0. The summed E-state index contributed by atoms with van der Waals surface area (Å²) in [5.74, 6) is -0.929. The molecule has 0 heterocycles. The van der Waals surface area contributed by atoms with E-state index in [0.29, 0.717) is 19.3 Å². The molecule has 1 unspecified atom stereocenters. The van der Waals surface area contributed by atoms with Crippen molar-refractivity contribution in [2.45, 2.75) is 245 Å². The lowest BCUT2D eigenvalue weighted by Crippen LogP contribution is -2.30. The molecule has 350 valence electrons. The molecule has 0 aliphatic rings. The van der Waals surface area contributed by atoms with Gasteiger partial charge in [-0.25, -0.2) is 0 Å². The second-order valence-corrected chi connectivity index (χ2v) is 16.9. The van der Waals surface area contributed by atoms with Gasteiger partial charge in [0.2, 0.25) is 0 Å². The number of hydrogen-bond acceptors (Lipinski definition) is 6. The first kappa shape index (κ1) is 57.9. The highest BCUT2D eigenvalue weighted by atomic mass is 16.6. The first-order chi connectivity index (χ1) is 30.0. The zero-order valence-corrected chi connectivity index (χ0v) is 39.9. The molecule has 0 aromatic carbocycles. The van der Waals surface area contributed by atoms with E-state index in [1.807, 2.05) is 60.8 Å². The highest BCUT2D eigenvalue weighted by molar-refractivity contribution is 5.71. The van der Waals surface area contributed by atoms with Gasteiger partial charge in [-0.1, -0.05) is 254 Å². The Labute approximate surface area is 376 Å². The molecule has 6 nitrogen and oxygen atoms in total. The van der Waals surface area contributed by atoms with E-state index in [-0.39, 0.29) is 31.1 Å². The average Bonchev–Trinajstić information content (AvgIpc) is 3.26. The van der Waals surface area contributed by atoms with Crippen molar-refractivity contribution >= 4 is 17.9 Å². The molecule has 0 rings (SSSR count). The number of esters is 3. The summed E-state index contributed by atoms with van der Waals surface area (Å²) in [4.78, 5) is 37.9. The molecule has 6 heteroatoms. The predicted molar refractivity (Wildman–Crippen MR) is 261 cm³/mol. The summed E-state index contributed by atoms with van der Waals surface area (Å²) in [5.41, 5.74) is 0. The van der Waals surface area contributed by atoms with Crippen LogP contribution in [0, 0.1) is 0 Å². The van der Waals surface area contributed by atoms with E-state index < -0.39 is 6.10 Å². The number of unbranched alkanes of at least 4 members (excludes halogenated alkanes) is 27. The summed E-state index contributed by atoms with van der Waals surface area (Å²) in [7, 11) is 0. The van der Waals surface area contributed by atoms with Gasteiger partial charge in [-0.2, -0.15) is 0 Å². The Balaban J connectivity index is 4.43. The van der Waals surface area contributed by atoms with Crippen LogP contribution in [0.4, 0.5) is 0 Å². The molecule has 0 fully saturated rings. The van der Waals surface area contributed by atoms with Crippen molar-refractivity contribution in [1.82, 2.24) is 0 Å². The molecular formula is C55H94O6. The third-order valence-corrected chi connectivity index (χ3v) is 10.9. The van der Waals surface area contributed by atoms with Crippen LogP contribution < -0.4 is 0 Å². The Morgan fingerprint density at radius 3 is 1.00 bits per heavy atom. The van der Waals surface area contributed by atoms with Crippen LogP contribution in [-0.2, 0) is 28.6 Å². The minimum Gasteiger partial charge on any atom is -0.462 e. The molecule has 0 aliphatic carbocycles. The van der Waals surface area contributed by atoms with Gasteiger partial charge in [-0.15, -0.1) is 0 Å². The van der Waals surface area contributed by atoms with E-state index in [0.717, 1.165) is 70.6 Å². The summed E-state index contributed by atoms with van der Waals surface area (Å²) in [5, 5.41) is 0. The topological polar surface area (TPSA) is 78.9 Å². The number of hydrogen-bond donors (Lipinski definition) is 0. The maximum Gasteiger partial charge on any atom is 0.306 e. The van der Waals surface area contributed by atoms with E-state index in [1.54, 1.807) is 0 Å². The maximum atomic E-state index is 12.8. The summed E-state index contributed by atoms with van der Waals surface area (Å²) < 4.78 is 16.7. The van der Waals surface area contributed by atoms with Gasteiger partial charge in [0.25, 0.3) is 0 Å². The van der Waals surface area contributed by atoms with Crippen molar-refractivity contribution in [2.75, 3.05) is 13.2 Å². The zero-order valence-electron chi connectivity index (χ0n) is 39.9. The van der Waals surface area contributed by atoms with E-state index in [9.17, 15) is 14.4 Å². The Hall–Kier alpha value is -3.15. The molecule has 0 aromatic heterocycles. The summed E-state index contributed by atoms with van der Waals surface area (Å²) in [6.45, 7) is 6.45. The maximum absolute atomic E-state index is 12.8.